The minimum Gasteiger partial charge on any atom is -0.335 e. The summed E-state index contributed by atoms with van der Waals surface area (Å²) in [6.45, 7) is 1.31. The smallest absolute Gasteiger partial charge is 0.254 e. The molecule has 3 aromatic carbocycles. The van der Waals surface area contributed by atoms with Crippen molar-refractivity contribution >= 4 is 33.1 Å². The van der Waals surface area contributed by atoms with Gasteiger partial charge in [-0.15, -0.1) is 0 Å². The molecule has 1 aliphatic heterocycles. The Balaban J connectivity index is 1.54. The van der Waals surface area contributed by atoms with E-state index in [9.17, 15) is 9.00 Å². The molecule has 136 valence electrons. The molecule has 4 rings (SSSR count). The molecule has 0 aliphatic carbocycles. The number of fused-ring (bicyclic) bond motifs is 1. The van der Waals surface area contributed by atoms with Gasteiger partial charge in [0.15, 0.2) is 0 Å². The molecule has 3 nitrogen and oxygen atoms in total. The number of benzene rings is 3. The van der Waals surface area contributed by atoms with Crippen LogP contribution in [0.5, 0.6) is 0 Å². The van der Waals surface area contributed by atoms with Crippen LogP contribution >= 0.6 is 0 Å². The molecule has 0 unspecified atom stereocenters. The Hall–Kier alpha value is -2.72. The standard InChI is InChI=1S/C23H21NO2S/c1-27(26)20-11-9-19(10-12-20)23(25)24-15-13-18(14-16-24)22-8-4-6-17-5-2-3-7-21(17)22/h2-13H,14-16H2,1H3/t27-/m0/s1. The van der Waals surface area contributed by atoms with Crippen LogP contribution in [0, 0.1) is 0 Å². The number of amides is 1. The van der Waals surface area contributed by atoms with Crippen molar-refractivity contribution in [2.75, 3.05) is 19.3 Å². The van der Waals surface area contributed by atoms with Gasteiger partial charge >= 0.3 is 0 Å². The minimum atomic E-state index is -1.03. The molecule has 0 radical (unpaired) electrons. The van der Waals surface area contributed by atoms with Crippen molar-refractivity contribution in [1.29, 1.82) is 0 Å². The maximum atomic E-state index is 12.8. The summed E-state index contributed by atoms with van der Waals surface area (Å²) in [5.41, 5.74) is 3.20. The molecule has 0 aromatic heterocycles. The Morgan fingerprint density at radius 1 is 0.963 bits per heavy atom. The Labute approximate surface area is 161 Å². The molecule has 3 aromatic rings. The number of carbonyl (C=O) groups excluding carboxylic acids is 1. The SMILES string of the molecule is C[S@](=O)c1ccc(C(=O)N2CC=C(c3cccc4ccccc34)CC2)cc1. The van der Waals surface area contributed by atoms with Gasteiger partial charge in [0.1, 0.15) is 0 Å². The highest BCUT2D eigenvalue weighted by Gasteiger charge is 2.20. The first kappa shape index (κ1) is 17.7. The summed E-state index contributed by atoms with van der Waals surface area (Å²) >= 11 is 0. The van der Waals surface area contributed by atoms with Crippen molar-refractivity contribution in [1.82, 2.24) is 4.90 Å². The molecule has 0 N–H and O–H groups in total. The van der Waals surface area contributed by atoms with E-state index >= 15 is 0 Å². The number of rotatable bonds is 3. The minimum absolute atomic E-state index is 0.0247. The van der Waals surface area contributed by atoms with Crippen molar-refractivity contribution in [2.24, 2.45) is 0 Å². The zero-order chi connectivity index (χ0) is 18.8. The zero-order valence-corrected chi connectivity index (χ0v) is 16.0. The Bertz CT molecular complexity index is 1050. The summed E-state index contributed by atoms with van der Waals surface area (Å²) in [5, 5.41) is 2.50. The van der Waals surface area contributed by atoms with Crippen molar-refractivity contribution in [3.63, 3.8) is 0 Å². The lowest BCUT2D eigenvalue weighted by Gasteiger charge is -2.27. The highest BCUT2D eigenvalue weighted by Crippen LogP contribution is 2.29. The van der Waals surface area contributed by atoms with Crippen LogP contribution in [0.25, 0.3) is 16.3 Å². The van der Waals surface area contributed by atoms with Crippen molar-refractivity contribution < 1.29 is 9.00 Å². The summed E-state index contributed by atoms with van der Waals surface area (Å²) in [6.07, 6.45) is 4.65. The molecular formula is C23H21NO2S. The first-order valence-electron chi connectivity index (χ1n) is 9.03. The second-order valence-electron chi connectivity index (χ2n) is 6.74. The second-order valence-corrected chi connectivity index (χ2v) is 8.12. The first-order chi connectivity index (χ1) is 13.1. The maximum absolute atomic E-state index is 12.8. The van der Waals surface area contributed by atoms with Gasteiger partial charge in [0.2, 0.25) is 0 Å². The molecule has 1 heterocycles. The fraction of sp³-hybridized carbons (Fsp3) is 0.174. The summed E-state index contributed by atoms with van der Waals surface area (Å²) in [5.74, 6) is 0.0247. The fourth-order valence-corrected chi connectivity index (χ4v) is 4.09. The summed E-state index contributed by atoms with van der Waals surface area (Å²) in [4.78, 5) is 15.4. The Morgan fingerprint density at radius 2 is 1.70 bits per heavy atom. The molecule has 0 saturated heterocycles. The van der Waals surface area contributed by atoms with Crippen LogP contribution in [0.15, 0.2) is 77.7 Å². The van der Waals surface area contributed by atoms with Crippen molar-refractivity contribution in [3.05, 3.63) is 83.9 Å². The topological polar surface area (TPSA) is 37.4 Å². The largest absolute Gasteiger partial charge is 0.335 e. The third kappa shape index (κ3) is 3.58. The number of hydrogen-bond donors (Lipinski definition) is 0. The molecule has 1 atom stereocenters. The average molecular weight is 375 g/mol. The lowest BCUT2D eigenvalue weighted by molar-refractivity contribution is 0.0773. The van der Waals surface area contributed by atoms with Gasteiger partial charge in [-0.05, 0) is 52.6 Å². The molecule has 0 spiro atoms. The number of nitrogens with zero attached hydrogens (tertiary/aromatic N) is 1. The van der Waals surface area contributed by atoms with Crippen LogP contribution in [0.2, 0.25) is 0 Å². The lowest BCUT2D eigenvalue weighted by atomic mass is 9.94. The average Bonchev–Trinajstić information content (AvgIpc) is 2.73. The lowest BCUT2D eigenvalue weighted by Crippen LogP contribution is -2.34. The van der Waals surface area contributed by atoms with Crippen LogP contribution < -0.4 is 0 Å². The van der Waals surface area contributed by atoms with E-state index in [1.807, 2.05) is 4.90 Å². The van der Waals surface area contributed by atoms with Crippen molar-refractivity contribution in [2.45, 2.75) is 11.3 Å². The van der Waals surface area contributed by atoms with Gasteiger partial charge in [-0.2, -0.15) is 0 Å². The fourth-order valence-electron chi connectivity index (χ4n) is 3.58. The molecule has 27 heavy (non-hydrogen) atoms. The van der Waals surface area contributed by atoms with Gasteiger partial charge < -0.3 is 4.90 Å². The van der Waals surface area contributed by atoms with Gasteiger partial charge in [0, 0.05) is 40.6 Å². The molecule has 1 aliphatic rings. The van der Waals surface area contributed by atoms with E-state index in [2.05, 4.69) is 48.5 Å². The molecule has 0 saturated carbocycles. The van der Waals surface area contributed by atoms with Crippen LogP contribution in [-0.2, 0) is 10.8 Å². The third-order valence-electron chi connectivity index (χ3n) is 5.07. The highest BCUT2D eigenvalue weighted by molar-refractivity contribution is 7.84. The molecule has 4 heteroatoms. The summed E-state index contributed by atoms with van der Waals surface area (Å²) < 4.78 is 11.5. The molecule has 1 amide bonds. The number of hydrogen-bond acceptors (Lipinski definition) is 2. The zero-order valence-electron chi connectivity index (χ0n) is 15.2. The van der Waals surface area contributed by atoms with Gasteiger partial charge in [-0.1, -0.05) is 48.5 Å². The predicted molar refractivity (Wildman–Crippen MR) is 111 cm³/mol. The third-order valence-corrected chi connectivity index (χ3v) is 6.00. The normalized spacial score (nSPS) is 15.4. The molecular weight excluding hydrogens is 354 g/mol. The predicted octanol–water partition coefficient (Wildman–Crippen LogP) is 4.51. The van der Waals surface area contributed by atoms with Crippen molar-refractivity contribution in [3.8, 4) is 0 Å². The van der Waals surface area contributed by atoms with Gasteiger partial charge in [0.05, 0.1) is 0 Å². The van der Waals surface area contributed by atoms with E-state index in [0.29, 0.717) is 18.7 Å². The van der Waals surface area contributed by atoms with E-state index in [0.717, 1.165) is 11.3 Å². The number of carbonyl (C=O) groups is 1. The van der Waals surface area contributed by atoms with Gasteiger partial charge in [0.25, 0.3) is 5.91 Å². The Morgan fingerprint density at radius 3 is 2.41 bits per heavy atom. The summed E-state index contributed by atoms with van der Waals surface area (Å²) in [6, 6.07) is 21.9. The summed E-state index contributed by atoms with van der Waals surface area (Å²) in [7, 11) is -1.03. The van der Waals surface area contributed by atoms with E-state index in [-0.39, 0.29) is 5.91 Å². The van der Waals surface area contributed by atoms with E-state index in [1.165, 1.54) is 21.9 Å². The van der Waals surface area contributed by atoms with Crippen LogP contribution in [-0.4, -0.2) is 34.4 Å². The van der Waals surface area contributed by atoms with E-state index < -0.39 is 10.8 Å². The van der Waals surface area contributed by atoms with Gasteiger partial charge in [-0.25, -0.2) is 0 Å². The Kier molecular flexibility index (Phi) is 4.90. The van der Waals surface area contributed by atoms with E-state index in [4.69, 9.17) is 0 Å². The van der Waals surface area contributed by atoms with Crippen LogP contribution in [0.4, 0.5) is 0 Å². The first-order valence-corrected chi connectivity index (χ1v) is 10.6. The molecule has 0 fully saturated rings. The molecule has 0 bridgehead atoms. The van der Waals surface area contributed by atoms with Crippen LogP contribution in [0.1, 0.15) is 22.3 Å². The highest BCUT2D eigenvalue weighted by atomic mass is 32.2. The monoisotopic (exact) mass is 375 g/mol. The maximum Gasteiger partial charge on any atom is 0.254 e. The van der Waals surface area contributed by atoms with Gasteiger partial charge in [-0.3, -0.25) is 9.00 Å². The van der Waals surface area contributed by atoms with E-state index in [1.54, 1.807) is 30.5 Å². The second kappa shape index (κ2) is 7.49. The quantitative estimate of drug-likeness (QED) is 0.676. The van der Waals surface area contributed by atoms with Crippen LogP contribution in [0.3, 0.4) is 0 Å².